The minimum atomic E-state index is -0.245. The Hall–Kier alpha value is -2.14. The molecule has 1 aromatic carbocycles. The number of nitrogens with zero attached hydrogens (tertiary/aromatic N) is 1. The molecule has 2 N–H and O–H groups in total. The molecule has 2 heterocycles. The van der Waals surface area contributed by atoms with Gasteiger partial charge in [0.15, 0.2) is 0 Å². The number of nitrogens with two attached hydrogens (primary N) is 1. The lowest BCUT2D eigenvalue weighted by molar-refractivity contribution is -0.123. The van der Waals surface area contributed by atoms with Gasteiger partial charge in [-0.15, -0.1) is 11.3 Å². The van der Waals surface area contributed by atoms with E-state index >= 15 is 0 Å². The zero-order chi connectivity index (χ0) is 16.7. The lowest BCUT2D eigenvalue weighted by Gasteiger charge is -2.30. The number of amides is 2. The Morgan fingerprint density at radius 2 is 1.79 bits per heavy atom. The van der Waals surface area contributed by atoms with Gasteiger partial charge >= 0.3 is 0 Å². The molecule has 4 rings (SSSR count). The maximum Gasteiger partial charge on any atom is 0.263 e. The van der Waals surface area contributed by atoms with E-state index in [1.54, 1.807) is 11.3 Å². The third-order valence-electron chi connectivity index (χ3n) is 5.13. The average Bonchev–Trinajstić information content (AvgIpc) is 3.06. The van der Waals surface area contributed by atoms with E-state index in [-0.39, 0.29) is 17.7 Å². The molecule has 1 saturated heterocycles. The number of hydrogen-bond acceptors (Lipinski definition) is 3. The van der Waals surface area contributed by atoms with Gasteiger partial charge in [-0.3, -0.25) is 9.59 Å². The minimum Gasteiger partial charge on any atom is -0.369 e. The normalized spacial score (nSPS) is 17.2. The molecule has 0 atom stereocenters. The number of carbonyl (C=O) groups is 2. The molecule has 2 amide bonds. The number of primary amides is 1. The summed E-state index contributed by atoms with van der Waals surface area (Å²) in [5, 5.41) is 0. The highest BCUT2D eigenvalue weighted by atomic mass is 32.1. The second-order valence-corrected chi connectivity index (χ2v) is 7.64. The average molecular weight is 340 g/mol. The summed E-state index contributed by atoms with van der Waals surface area (Å²) in [5.74, 6) is -0.238. The van der Waals surface area contributed by atoms with E-state index in [0.717, 1.165) is 17.7 Å². The van der Waals surface area contributed by atoms with E-state index in [0.29, 0.717) is 25.9 Å². The van der Waals surface area contributed by atoms with Gasteiger partial charge in [-0.2, -0.15) is 0 Å². The Morgan fingerprint density at radius 1 is 1.08 bits per heavy atom. The molecule has 1 fully saturated rings. The molecular formula is C19H20N2O2S. The first-order valence-corrected chi connectivity index (χ1v) is 9.24. The Morgan fingerprint density at radius 3 is 2.54 bits per heavy atom. The zero-order valence-electron chi connectivity index (χ0n) is 13.5. The molecule has 0 unspecified atom stereocenters. The summed E-state index contributed by atoms with van der Waals surface area (Å²) in [6, 6.07) is 10.5. The SMILES string of the molecule is NC(=O)C1CCN(C(=O)c2cc3c(s2)-c2ccccc2CC3)CC1. The number of piperidine rings is 1. The smallest absolute Gasteiger partial charge is 0.263 e. The van der Waals surface area contributed by atoms with Gasteiger partial charge in [0.25, 0.3) is 5.91 Å². The van der Waals surface area contributed by atoms with Gasteiger partial charge in [0, 0.05) is 23.9 Å². The van der Waals surface area contributed by atoms with Crippen LogP contribution in [0.25, 0.3) is 10.4 Å². The standard InChI is InChI=1S/C19H20N2O2S/c20-18(22)13-7-9-21(10-8-13)19(23)16-11-14-6-5-12-3-1-2-4-15(12)17(14)24-16/h1-4,11,13H,5-10H2,(H2,20,22). The lowest BCUT2D eigenvalue weighted by Crippen LogP contribution is -2.41. The highest BCUT2D eigenvalue weighted by Gasteiger charge is 2.28. The number of aryl methyl sites for hydroxylation is 2. The van der Waals surface area contributed by atoms with Gasteiger partial charge in [-0.05, 0) is 48.4 Å². The van der Waals surface area contributed by atoms with Crippen molar-refractivity contribution in [1.29, 1.82) is 0 Å². The van der Waals surface area contributed by atoms with Gasteiger partial charge in [-0.25, -0.2) is 0 Å². The van der Waals surface area contributed by atoms with Crippen molar-refractivity contribution in [3.63, 3.8) is 0 Å². The highest BCUT2D eigenvalue weighted by Crippen LogP contribution is 2.40. The molecular weight excluding hydrogens is 320 g/mol. The summed E-state index contributed by atoms with van der Waals surface area (Å²) in [6.45, 7) is 1.23. The van der Waals surface area contributed by atoms with Crippen LogP contribution in [0.2, 0.25) is 0 Å². The molecule has 0 spiro atoms. The second kappa shape index (κ2) is 6.06. The molecule has 1 aromatic heterocycles. The van der Waals surface area contributed by atoms with Crippen LogP contribution < -0.4 is 5.73 Å². The van der Waals surface area contributed by atoms with E-state index in [4.69, 9.17) is 5.73 Å². The van der Waals surface area contributed by atoms with Crippen LogP contribution >= 0.6 is 11.3 Å². The summed E-state index contributed by atoms with van der Waals surface area (Å²) in [5.41, 5.74) is 9.30. The Bertz CT molecular complexity index is 803. The van der Waals surface area contributed by atoms with Crippen LogP contribution in [0.1, 0.15) is 33.6 Å². The van der Waals surface area contributed by atoms with Gasteiger partial charge in [0.1, 0.15) is 0 Å². The summed E-state index contributed by atoms with van der Waals surface area (Å²) < 4.78 is 0. The van der Waals surface area contributed by atoms with E-state index < -0.39 is 0 Å². The molecule has 4 nitrogen and oxygen atoms in total. The van der Waals surface area contributed by atoms with Crippen molar-refractivity contribution in [3.8, 4) is 10.4 Å². The molecule has 0 saturated carbocycles. The first-order chi connectivity index (χ1) is 11.6. The largest absolute Gasteiger partial charge is 0.369 e. The minimum absolute atomic E-state index is 0.0857. The Kier molecular flexibility index (Phi) is 3.88. The summed E-state index contributed by atoms with van der Waals surface area (Å²) in [7, 11) is 0. The fourth-order valence-corrected chi connectivity index (χ4v) is 4.94. The van der Waals surface area contributed by atoms with Crippen molar-refractivity contribution in [3.05, 3.63) is 46.3 Å². The molecule has 2 aromatic rings. The topological polar surface area (TPSA) is 63.4 Å². The summed E-state index contributed by atoms with van der Waals surface area (Å²) in [6.07, 6.45) is 3.39. The number of likely N-dealkylation sites (tertiary alicyclic amines) is 1. The zero-order valence-corrected chi connectivity index (χ0v) is 14.3. The molecule has 5 heteroatoms. The fraction of sp³-hybridized carbons (Fsp3) is 0.368. The molecule has 124 valence electrons. The highest BCUT2D eigenvalue weighted by molar-refractivity contribution is 7.17. The number of benzene rings is 1. The van der Waals surface area contributed by atoms with Gasteiger partial charge in [0.2, 0.25) is 5.91 Å². The molecule has 24 heavy (non-hydrogen) atoms. The lowest BCUT2D eigenvalue weighted by atomic mass is 9.91. The predicted molar refractivity (Wildman–Crippen MR) is 95.0 cm³/mol. The van der Waals surface area contributed by atoms with Gasteiger partial charge in [-0.1, -0.05) is 24.3 Å². The molecule has 0 radical (unpaired) electrons. The van der Waals surface area contributed by atoms with Crippen LogP contribution in [0.3, 0.4) is 0 Å². The molecule has 1 aliphatic heterocycles. The van der Waals surface area contributed by atoms with Crippen molar-refractivity contribution < 1.29 is 9.59 Å². The quantitative estimate of drug-likeness (QED) is 0.914. The number of fused-ring (bicyclic) bond motifs is 3. The number of thiophene rings is 1. The Labute approximate surface area is 145 Å². The van der Waals surface area contributed by atoms with E-state index in [2.05, 4.69) is 30.3 Å². The maximum absolute atomic E-state index is 12.8. The van der Waals surface area contributed by atoms with Crippen molar-refractivity contribution in [2.75, 3.05) is 13.1 Å². The first-order valence-electron chi connectivity index (χ1n) is 8.43. The maximum atomic E-state index is 12.8. The molecule has 2 aliphatic rings. The fourth-order valence-electron chi connectivity index (χ4n) is 3.70. The number of carbonyl (C=O) groups excluding carboxylic acids is 2. The second-order valence-electron chi connectivity index (χ2n) is 6.59. The Balaban J connectivity index is 1.56. The number of rotatable bonds is 2. The van der Waals surface area contributed by atoms with Crippen molar-refractivity contribution >= 4 is 23.2 Å². The van der Waals surface area contributed by atoms with Crippen LogP contribution in [0.4, 0.5) is 0 Å². The van der Waals surface area contributed by atoms with Crippen molar-refractivity contribution in [2.45, 2.75) is 25.7 Å². The van der Waals surface area contributed by atoms with Crippen LogP contribution in [-0.2, 0) is 17.6 Å². The first kappa shape index (κ1) is 15.4. The van der Waals surface area contributed by atoms with E-state index in [1.165, 1.54) is 21.6 Å². The number of hydrogen-bond donors (Lipinski definition) is 1. The van der Waals surface area contributed by atoms with Crippen LogP contribution in [0, 0.1) is 5.92 Å². The van der Waals surface area contributed by atoms with Crippen molar-refractivity contribution in [1.82, 2.24) is 4.90 Å². The molecule has 1 aliphatic carbocycles. The predicted octanol–water partition coefficient (Wildman–Crippen LogP) is 2.85. The third-order valence-corrected chi connectivity index (χ3v) is 6.33. The van der Waals surface area contributed by atoms with Crippen molar-refractivity contribution in [2.24, 2.45) is 11.7 Å². The van der Waals surface area contributed by atoms with E-state index in [1.807, 2.05) is 4.90 Å². The third kappa shape index (κ3) is 2.63. The monoisotopic (exact) mass is 340 g/mol. The summed E-state index contributed by atoms with van der Waals surface area (Å²) in [4.78, 5) is 28.0. The summed E-state index contributed by atoms with van der Waals surface area (Å²) >= 11 is 1.60. The van der Waals surface area contributed by atoms with Crippen LogP contribution in [0.5, 0.6) is 0 Å². The molecule has 0 bridgehead atoms. The van der Waals surface area contributed by atoms with Crippen LogP contribution in [0.15, 0.2) is 30.3 Å². The van der Waals surface area contributed by atoms with Gasteiger partial charge in [0.05, 0.1) is 4.88 Å². The van der Waals surface area contributed by atoms with Crippen LogP contribution in [-0.4, -0.2) is 29.8 Å². The van der Waals surface area contributed by atoms with E-state index in [9.17, 15) is 9.59 Å². The van der Waals surface area contributed by atoms with Gasteiger partial charge < -0.3 is 10.6 Å².